The van der Waals surface area contributed by atoms with Crippen molar-refractivity contribution in [2.75, 3.05) is 0 Å². The first-order valence-electron chi connectivity index (χ1n) is 6.83. The molecule has 0 radical (unpaired) electrons. The summed E-state index contributed by atoms with van der Waals surface area (Å²) in [5.41, 5.74) is 7.87. The number of hydrogen-bond donors (Lipinski definition) is 2. The van der Waals surface area contributed by atoms with E-state index >= 15 is 0 Å². The lowest BCUT2D eigenvalue weighted by atomic mass is 10.1. The van der Waals surface area contributed by atoms with Crippen LogP contribution < -0.4 is 11.1 Å². The minimum atomic E-state index is -0.361. The first kappa shape index (κ1) is 15.2. The van der Waals surface area contributed by atoms with Crippen molar-refractivity contribution in [1.29, 1.82) is 0 Å². The van der Waals surface area contributed by atoms with E-state index in [0.717, 1.165) is 11.3 Å². The molecule has 112 valence electrons. The highest BCUT2D eigenvalue weighted by atomic mass is 19.1. The van der Waals surface area contributed by atoms with Crippen molar-refractivity contribution >= 4 is 5.91 Å². The van der Waals surface area contributed by atoms with Crippen LogP contribution in [0.25, 0.3) is 0 Å². The molecule has 2 rings (SSSR count). The largest absolute Gasteiger partial charge is 0.348 e. The van der Waals surface area contributed by atoms with Gasteiger partial charge in [-0.25, -0.2) is 4.39 Å². The highest BCUT2D eigenvalue weighted by molar-refractivity contribution is 5.95. The summed E-state index contributed by atoms with van der Waals surface area (Å²) in [6, 6.07) is 4.79. The number of halogens is 1. The molecule has 21 heavy (non-hydrogen) atoms. The highest BCUT2D eigenvalue weighted by Crippen LogP contribution is 2.11. The SMILES string of the molecule is CCc1nn(C)cc1C(=O)NCc1ccc(CN)cc1F. The smallest absolute Gasteiger partial charge is 0.255 e. The number of amides is 1. The Kier molecular flexibility index (Phi) is 4.70. The third kappa shape index (κ3) is 3.46. The molecule has 3 N–H and O–H groups in total. The molecule has 0 saturated carbocycles. The number of carbonyl (C=O) groups is 1. The van der Waals surface area contributed by atoms with E-state index in [9.17, 15) is 9.18 Å². The van der Waals surface area contributed by atoms with Crippen molar-refractivity contribution < 1.29 is 9.18 Å². The van der Waals surface area contributed by atoms with E-state index in [1.54, 1.807) is 30.1 Å². The van der Waals surface area contributed by atoms with Crippen LogP contribution in [0, 0.1) is 5.82 Å². The van der Waals surface area contributed by atoms with Gasteiger partial charge in [0.05, 0.1) is 11.3 Å². The van der Waals surface area contributed by atoms with Gasteiger partial charge in [-0.15, -0.1) is 0 Å². The molecular formula is C15H19FN4O. The molecule has 5 nitrogen and oxygen atoms in total. The summed E-state index contributed by atoms with van der Waals surface area (Å²) in [5, 5.41) is 6.93. The minimum absolute atomic E-state index is 0.133. The lowest BCUT2D eigenvalue weighted by Gasteiger charge is -2.07. The number of carbonyl (C=O) groups excluding carboxylic acids is 1. The zero-order valence-electron chi connectivity index (χ0n) is 12.2. The molecule has 0 saturated heterocycles. The molecule has 0 fully saturated rings. The third-order valence-electron chi connectivity index (χ3n) is 3.28. The van der Waals surface area contributed by atoms with Gasteiger partial charge in [0.2, 0.25) is 0 Å². The van der Waals surface area contributed by atoms with Crippen LogP contribution in [-0.2, 0) is 26.6 Å². The van der Waals surface area contributed by atoms with E-state index < -0.39 is 0 Å². The summed E-state index contributed by atoms with van der Waals surface area (Å²) in [7, 11) is 1.77. The molecule has 0 spiro atoms. The van der Waals surface area contributed by atoms with E-state index in [1.807, 2.05) is 6.92 Å². The fourth-order valence-electron chi connectivity index (χ4n) is 2.12. The van der Waals surface area contributed by atoms with Gasteiger partial charge in [-0.3, -0.25) is 9.48 Å². The van der Waals surface area contributed by atoms with Crippen LogP contribution in [0.2, 0.25) is 0 Å². The molecule has 0 aliphatic carbocycles. The number of aromatic nitrogens is 2. The molecular weight excluding hydrogens is 271 g/mol. The summed E-state index contributed by atoms with van der Waals surface area (Å²) < 4.78 is 15.4. The van der Waals surface area contributed by atoms with Gasteiger partial charge >= 0.3 is 0 Å². The monoisotopic (exact) mass is 290 g/mol. The van der Waals surface area contributed by atoms with Gasteiger partial charge in [0.25, 0.3) is 5.91 Å². The Balaban J connectivity index is 2.07. The van der Waals surface area contributed by atoms with E-state index in [1.165, 1.54) is 6.07 Å². The normalized spacial score (nSPS) is 10.7. The molecule has 1 aromatic carbocycles. The van der Waals surface area contributed by atoms with E-state index in [2.05, 4.69) is 10.4 Å². The van der Waals surface area contributed by atoms with Crippen LogP contribution in [0.15, 0.2) is 24.4 Å². The van der Waals surface area contributed by atoms with Crippen molar-refractivity contribution in [3.63, 3.8) is 0 Å². The summed E-state index contributed by atoms with van der Waals surface area (Å²) in [6.45, 7) is 2.36. The Morgan fingerprint density at radius 2 is 2.24 bits per heavy atom. The van der Waals surface area contributed by atoms with Crippen molar-refractivity contribution in [1.82, 2.24) is 15.1 Å². The summed E-state index contributed by atoms with van der Waals surface area (Å²) in [6.07, 6.45) is 2.34. The van der Waals surface area contributed by atoms with Gasteiger partial charge in [0, 0.05) is 31.9 Å². The van der Waals surface area contributed by atoms with Crippen molar-refractivity contribution in [3.8, 4) is 0 Å². The van der Waals surface area contributed by atoms with Gasteiger partial charge in [-0.2, -0.15) is 5.10 Å². The lowest BCUT2D eigenvalue weighted by Crippen LogP contribution is -2.24. The number of nitrogens with one attached hydrogen (secondary N) is 1. The fourth-order valence-corrected chi connectivity index (χ4v) is 2.12. The second-order valence-corrected chi connectivity index (χ2v) is 4.83. The maximum atomic E-state index is 13.8. The van der Waals surface area contributed by atoms with Crippen LogP contribution in [0.1, 0.15) is 34.1 Å². The van der Waals surface area contributed by atoms with Crippen LogP contribution in [0.3, 0.4) is 0 Å². The Morgan fingerprint density at radius 3 is 2.86 bits per heavy atom. The van der Waals surface area contributed by atoms with Crippen molar-refractivity contribution in [2.45, 2.75) is 26.4 Å². The Hall–Kier alpha value is -2.21. The second kappa shape index (κ2) is 6.49. The van der Waals surface area contributed by atoms with Gasteiger partial charge in [-0.1, -0.05) is 19.1 Å². The standard InChI is InChI=1S/C15H19FN4O/c1-3-14-12(9-20(2)19-14)15(21)18-8-11-5-4-10(7-17)6-13(11)16/h4-6,9H,3,7-8,17H2,1-2H3,(H,18,21). The molecule has 0 aliphatic rings. The first-order chi connectivity index (χ1) is 10.0. The second-order valence-electron chi connectivity index (χ2n) is 4.83. The predicted octanol–water partition coefficient (Wildman–Crippen LogP) is 1.51. The van der Waals surface area contributed by atoms with Crippen molar-refractivity contribution in [2.24, 2.45) is 12.8 Å². The fraction of sp³-hybridized carbons (Fsp3) is 0.333. The first-order valence-corrected chi connectivity index (χ1v) is 6.83. The number of benzene rings is 1. The van der Waals surface area contributed by atoms with Crippen LogP contribution >= 0.6 is 0 Å². The number of nitrogens with zero attached hydrogens (tertiary/aromatic N) is 2. The maximum absolute atomic E-state index is 13.8. The highest BCUT2D eigenvalue weighted by Gasteiger charge is 2.14. The number of hydrogen-bond acceptors (Lipinski definition) is 3. The average molecular weight is 290 g/mol. The Bertz CT molecular complexity index is 651. The number of aryl methyl sites for hydroxylation is 2. The van der Waals surface area contributed by atoms with Crippen LogP contribution in [-0.4, -0.2) is 15.7 Å². The van der Waals surface area contributed by atoms with Crippen molar-refractivity contribution in [3.05, 3.63) is 52.6 Å². The van der Waals surface area contributed by atoms with E-state index in [0.29, 0.717) is 24.1 Å². The van der Waals surface area contributed by atoms with Crippen LogP contribution in [0.5, 0.6) is 0 Å². The van der Waals surface area contributed by atoms with Gasteiger partial charge < -0.3 is 11.1 Å². The molecule has 0 unspecified atom stereocenters. The zero-order valence-corrected chi connectivity index (χ0v) is 12.2. The summed E-state index contributed by atoms with van der Waals surface area (Å²) in [5.74, 6) is -0.609. The maximum Gasteiger partial charge on any atom is 0.255 e. The zero-order chi connectivity index (χ0) is 15.4. The molecule has 2 aromatic rings. The number of nitrogens with two attached hydrogens (primary N) is 1. The Labute approximate surface area is 123 Å². The number of rotatable bonds is 5. The van der Waals surface area contributed by atoms with Crippen LogP contribution in [0.4, 0.5) is 4.39 Å². The molecule has 0 bridgehead atoms. The average Bonchev–Trinajstić information content (AvgIpc) is 2.86. The molecule has 0 aliphatic heterocycles. The molecule has 0 atom stereocenters. The summed E-state index contributed by atoms with van der Waals surface area (Å²) >= 11 is 0. The molecule has 6 heteroatoms. The summed E-state index contributed by atoms with van der Waals surface area (Å²) in [4.78, 5) is 12.1. The molecule has 1 heterocycles. The lowest BCUT2D eigenvalue weighted by molar-refractivity contribution is 0.0949. The molecule has 1 aromatic heterocycles. The quantitative estimate of drug-likeness (QED) is 0.876. The molecule has 1 amide bonds. The topological polar surface area (TPSA) is 72.9 Å². The Morgan fingerprint density at radius 1 is 1.48 bits per heavy atom. The van der Waals surface area contributed by atoms with Gasteiger partial charge in [-0.05, 0) is 18.1 Å². The minimum Gasteiger partial charge on any atom is -0.348 e. The van der Waals surface area contributed by atoms with Gasteiger partial charge in [0.15, 0.2) is 0 Å². The third-order valence-corrected chi connectivity index (χ3v) is 3.28. The van der Waals surface area contributed by atoms with Gasteiger partial charge in [0.1, 0.15) is 5.82 Å². The predicted molar refractivity (Wildman–Crippen MR) is 78.0 cm³/mol. The van der Waals surface area contributed by atoms with E-state index in [-0.39, 0.29) is 18.3 Å². The van der Waals surface area contributed by atoms with E-state index in [4.69, 9.17) is 5.73 Å².